The molecule has 0 aliphatic carbocycles. The lowest BCUT2D eigenvalue weighted by molar-refractivity contribution is -0.268. The molecule has 1 saturated heterocycles. The van der Waals surface area contributed by atoms with Gasteiger partial charge in [-0.2, -0.15) is 0 Å². The molecule has 6 N–H and O–H groups in total. The Balaban J connectivity index is 1.94. The molecule has 3 aromatic rings. The Bertz CT molecular complexity index is 1230. The fourth-order valence-corrected chi connectivity index (χ4v) is 3.62. The van der Waals surface area contributed by atoms with Crippen molar-refractivity contribution in [3.8, 4) is 40.1 Å². The van der Waals surface area contributed by atoms with Gasteiger partial charge in [0.2, 0.25) is 23.2 Å². The van der Waals surface area contributed by atoms with Crippen molar-refractivity contribution in [2.45, 2.75) is 37.6 Å². The maximum atomic E-state index is 13.4. The molecule has 4 rings (SSSR count). The second kappa shape index (κ2) is 8.45. The van der Waals surface area contributed by atoms with E-state index in [1.165, 1.54) is 38.3 Å². The van der Waals surface area contributed by atoms with Gasteiger partial charge in [0.05, 0.1) is 13.2 Å². The Morgan fingerprint density at radius 3 is 2.24 bits per heavy atom. The number of fused-ring (bicyclic) bond motifs is 1. The summed E-state index contributed by atoms with van der Waals surface area (Å²) in [5.74, 6) is -2.25. The van der Waals surface area contributed by atoms with E-state index in [1.54, 1.807) is 0 Å². The molecule has 1 fully saturated rings. The van der Waals surface area contributed by atoms with Crippen molar-refractivity contribution < 1.29 is 49.3 Å². The van der Waals surface area contributed by atoms with Crippen molar-refractivity contribution in [1.82, 2.24) is 0 Å². The normalized spacial score (nSPS) is 25.2. The summed E-state index contributed by atoms with van der Waals surface area (Å²) in [6, 6.07) is 6.60. The van der Waals surface area contributed by atoms with E-state index in [2.05, 4.69) is 0 Å². The van der Waals surface area contributed by atoms with Crippen LogP contribution in [-0.4, -0.2) is 68.5 Å². The van der Waals surface area contributed by atoms with Crippen molar-refractivity contribution in [3.63, 3.8) is 0 Å². The van der Waals surface area contributed by atoms with Gasteiger partial charge >= 0.3 is 0 Å². The van der Waals surface area contributed by atoms with Crippen LogP contribution < -0.4 is 14.9 Å². The van der Waals surface area contributed by atoms with E-state index >= 15 is 0 Å². The maximum absolute atomic E-state index is 13.4. The van der Waals surface area contributed by atoms with Crippen LogP contribution >= 0.6 is 0 Å². The lowest BCUT2D eigenvalue weighted by Gasteiger charge is -2.38. The average molecular weight is 462 g/mol. The third-order valence-corrected chi connectivity index (χ3v) is 5.43. The lowest BCUT2D eigenvalue weighted by atomic mass is 10.00. The van der Waals surface area contributed by atoms with E-state index in [0.717, 1.165) is 6.07 Å². The molecule has 0 unspecified atom stereocenters. The molecule has 1 aliphatic heterocycles. The van der Waals surface area contributed by atoms with Gasteiger partial charge in [-0.15, -0.1) is 0 Å². The first-order valence-electron chi connectivity index (χ1n) is 9.89. The third kappa shape index (κ3) is 3.80. The molecule has 1 aromatic heterocycles. The molecule has 33 heavy (non-hydrogen) atoms. The average Bonchev–Trinajstić information content (AvgIpc) is 2.78. The quantitative estimate of drug-likeness (QED) is 0.323. The number of phenolic OH excluding ortho intramolecular Hbond substituents is 3. The van der Waals surface area contributed by atoms with Gasteiger partial charge in [-0.3, -0.25) is 4.79 Å². The molecule has 0 bridgehead atoms. The monoisotopic (exact) mass is 462 g/mol. The zero-order valence-electron chi connectivity index (χ0n) is 17.5. The van der Waals surface area contributed by atoms with Gasteiger partial charge in [0, 0.05) is 11.6 Å². The topological polar surface area (TPSA) is 179 Å². The van der Waals surface area contributed by atoms with Crippen LogP contribution in [0.1, 0.15) is 6.92 Å². The zero-order valence-corrected chi connectivity index (χ0v) is 17.5. The first-order valence-corrected chi connectivity index (χ1v) is 9.89. The molecule has 0 radical (unpaired) electrons. The first-order chi connectivity index (χ1) is 15.6. The summed E-state index contributed by atoms with van der Waals surface area (Å²) in [7, 11) is 1.19. The second-order valence-corrected chi connectivity index (χ2v) is 7.59. The van der Waals surface area contributed by atoms with Gasteiger partial charge in [0.25, 0.3) is 0 Å². The summed E-state index contributed by atoms with van der Waals surface area (Å²) in [5, 5.41) is 60.2. The first kappa shape index (κ1) is 22.7. The zero-order chi connectivity index (χ0) is 24.0. The SMILES string of the molecule is COc1c(O)cc2oc(-c3ccc(O)cc3)c(O[C@@H]3O[C@@H](C)[C@H](O)[C@@H](O)[C@@H]3O)c(=O)c2c1O. The summed E-state index contributed by atoms with van der Waals surface area (Å²) < 4.78 is 21.8. The van der Waals surface area contributed by atoms with Gasteiger partial charge in [0.15, 0.2) is 17.3 Å². The highest BCUT2D eigenvalue weighted by Gasteiger charge is 2.44. The highest BCUT2D eigenvalue weighted by molar-refractivity contribution is 5.91. The Morgan fingerprint density at radius 2 is 1.61 bits per heavy atom. The number of ether oxygens (including phenoxy) is 3. The number of benzene rings is 2. The van der Waals surface area contributed by atoms with E-state index in [4.69, 9.17) is 18.6 Å². The number of aliphatic hydroxyl groups is 3. The minimum absolute atomic E-state index is 0.0543. The van der Waals surface area contributed by atoms with Crippen molar-refractivity contribution in [3.05, 3.63) is 40.6 Å². The highest BCUT2D eigenvalue weighted by Crippen LogP contribution is 2.43. The van der Waals surface area contributed by atoms with Crippen LogP contribution in [0.15, 0.2) is 39.5 Å². The Labute approximate surface area is 186 Å². The smallest absolute Gasteiger partial charge is 0.239 e. The van der Waals surface area contributed by atoms with Crippen LogP contribution in [-0.2, 0) is 4.74 Å². The predicted octanol–water partition coefficient (Wildman–Crippen LogP) is 0.792. The fourth-order valence-electron chi connectivity index (χ4n) is 3.62. The van der Waals surface area contributed by atoms with E-state index in [1.807, 2.05) is 0 Å². The maximum Gasteiger partial charge on any atom is 0.239 e. The van der Waals surface area contributed by atoms with Crippen LogP contribution in [0, 0.1) is 0 Å². The van der Waals surface area contributed by atoms with Crippen molar-refractivity contribution in [2.24, 2.45) is 0 Å². The number of aromatic hydroxyl groups is 3. The number of phenols is 3. The van der Waals surface area contributed by atoms with Gasteiger partial charge in [-0.25, -0.2) is 0 Å². The van der Waals surface area contributed by atoms with Crippen LogP contribution in [0.25, 0.3) is 22.3 Å². The second-order valence-electron chi connectivity index (χ2n) is 7.59. The Hall–Kier alpha value is -3.51. The number of methoxy groups -OCH3 is 1. The molecule has 176 valence electrons. The minimum atomic E-state index is -1.72. The lowest BCUT2D eigenvalue weighted by Crippen LogP contribution is -2.58. The number of aliphatic hydroxyl groups excluding tert-OH is 3. The van der Waals surface area contributed by atoms with Crippen LogP contribution in [0.2, 0.25) is 0 Å². The Morgan fingerprint density at radius 1 is 0.939 bits per heavy atom. The molecule has 11 nitrogen and oxygen atoms in total. The van der Waals surface area contributed by atoms with Gasteiger partial charge < -0.3 is 49.3 Å². The Kier molecular flexibility index (Phi) is 5.80. The van der Waals surface area contributed by atoms with Gasteiger partial charge in [0.1, 0.15) is 35.0 Å². The summed E-state index contributed by atoms with van der Waals surface area (Å²) in [6.45, 7) is 1.44. The van der Waals surface area contributed by atoms with Crippen LogP contribution in [0.4, 0.5) is 0 Å². The standard InChI is InChI=1S/C22H22O11/c1-8-14(25)17(28)18(29)22(31-8)33-21-16(27)13-12(7-11(24)20(30-2)15(13)26)32-19(21)9-3-5-10(23)6-4-9/h3-8,14,17-18,22-26,28-29H,1-2H3/t8-,14-,17+,18-,22-/m0/s1. The molecule has 0 saturated carbocycles. The molecule has 0 spiro atoms. The molecule has 11 heteroatoms. The number of hydrogen-bond donors (Lipinski definition) is 6. The van der Waals surface area contributed by atoms with E-state index in [0.29, 0.717) is 0 Å². The van der Waals surface area contributed by atoms with Crippen LogP contribution in [0.3, 0.4) is 0 Å². The molecule has 5 atom stereocenters. The summed E-state index contributed by atoms with van der Waals surface area (Å²) in [6.07, 6.45) is -7.24. The van der Waals surface area contributed by atoms with E-state index in [9.17, 15) is 35.4 Å². The molecule has 1 aliphatic rings. The number of hydrogen-bond acceptors (Lipinski definition) is 11. The van der Waals surface area contributed by atoms with E-state index in [-0.39, 0.29) is 33.8 Å². The van der Waals surface area contributed by atoms with Crippen molar-refractivity contribution in [2.75, 3.05) is 7.11 Å². The molecule has 0 amide bonds. The van der Waals surface area contributed by atoms with Crippen LogP contribution in [0.5, 0.6) is 28.7 Å². The predicted molar refractivity (Wildman–Crippen MR) is 112 cm³/mol. The molecular formula is C22H22O11. The number of rotatable bonds is 4. The van der Waals surface area contributed by atoms with Crippen molar-refractivity contribution >= 4 is 11.0 Å². The van der Waals surface area contributed by atoms with E-state index < -0.39 is 53.4 Å². The van der Waals surface area contributed by atoms with Gasteiger partial charge in [-0.05, 0) is 31.2 Å². The highest BCUT2D eigenvalue weighted by atomic mass is 16.7. The largest absolute Gasteiger partial charge is 0.508 e. The third-order valence-electron chi connectivity index (χ3n) is 5.43. The van der Waals surface area contributed by atoms with Gasteiger partial charge in [-0.1, -0.05) is 0 Å². The molecular weight excluding hydrogens is 440 g/mol. The fraction of sp³-hybridized carbons (Fsp3) is 0.318. The molecule has 2 aromatic carbocycles. The summed E-state index contributed by atoms with van der Waals surface area (Å²) >= 11 is 0. The van der Waals surface area contributed by atoms with Crippen molar-refractivity contribution in [1.29, 1.82) is 0 Å². The molecule has 2 heterocycles. The minimum Gasteiger partial charge on any atom is -0.508 e. The summed E-state index contributed by atoms with van der Waals surface area (Å²) in [4.78, 5) is 13.4. The summed E-state index contributed by atoms with van der Waals surface area (Å²) in [5.41, 5.74) is -0.810.